The Bertz CT molecular complexity index is 507. The van der Waals surface area contributed by atoms with Crippen LogP contribution >= 0.6 is 0 Å². The number of rotatable bonds is 2. The van der Waals surface area contributed by atoms with Crippen molar-refractivity contribution in [1.82, 2.24) is 10.2 Å². The second kappa shape index (κ2) is 5.13. The van der Waals surface area contributed by atoms with Crippen molar-refractivity contribution in [3.8, 4) is 0 Å². The average Bonchev–Trinajstić information content (AvgIpc) is 2.77. The fourth-order valence-corrected chi connectivity index (χ4v) is 2.99. The van der Waals surface area contributed by atoms with Gasteiger partial charge in [0.05, 0.1) is 0 Å². The van der Waals surface area contributed by atoms with Gasteiger partial charge in [-0.15, -0.1) is 0 Å². The average molecular weight is 258 g/mol. The molecule has 1 N–H and O–H groups in total. The van der Waals surface area contributed by atoms with E-state index in [1.165, 1.54) is 0 Å². The molecule has 0 aromatic heterocycles. The molecular formula is C15H18N2O2. The molecule has 1 heterocycles. The number of carbonyl (C=O) groups excluding carboxylic acids is 2. The van der Waals surface area contributed by atoms with Crippen molar-refractivity contribution in [1.29, 1.82) is 0 Å². The molecule has 1 amide bonds. The predicted molar refractivity (Wildman–Crippen MR) is 72.2 cm³/mol. The first-order valence-corrected chi connectivity index (χ1v) is 6.86. The number of fused-ring (bicyclic) bond motifs is 1. The van der Waals surface area contributed by atoms with Crippen LogP contribution < -0.4 is 5.32 Å². The molecule has 19 heavy (non-hydrogen) atoms. The topological polar surface area (TPSA) is 49.4 Å². The van der Waals surface area contributed by atoms with Gasteiger partial charge in [-0.1, -0.05) is 24.3 Å². The first-order chi connectivity index (χ1) is 9.25. The zero-order valence-electron chi connectivity index (χ0n) is 10.9. The number of carbonyl (C=O) groups is 2. The van der Waals surface area contributed by atoms with Gasteiger partial charge < -0.3 is 10.2 Å². The number of Topliss-reactive ketones (excluding diaryl/α,β-unsaturated/α-hetero) is 1. The summed E-state index contributed by atoms with van der Waals surface area (Å²) in [5.74, 6) is 0.427. The minimum atomic E-state index is 0.0751. The van der Waals surface area contributed by atoms with Gasteiger partial charge in [-0.25, -0.2) is 0 Å². The summed E-state index contributed by atoms with van der Waals surface area (Å²) in [5.41, 5.74) is 1.86. The molecule has 4 heteroatoms. The Balaban J connectivity index is 1.71. The third kappa shape index (κ3) is 2.40. The monoisotopic (exact) mass is 258 g/mol. The van der Waals surface area contributed by atoms with E-state index in [1.54, 1.807) is 0 Å². The number of hydrogen-bond donors (Lipinski definition) is 1. The van der Waals surface area contributed by atoms with Gasteiger partial charge in [0.15, 0.2) is 5.78 Å². The summed E-state index contributed by atoms with van der Waals surface area (Å²) in [6.45, 7) is 3.29. The molecule has 4 nitrogen and oxygen atoms in total. The molecule has 3 rings (SSSR count). The predicted octanol–water partition coefficient (Wildman–Crippen LogP) is 1.18. The lowest BCUT2D eigenvalue weighted by molar-refractivity contribution is -0.132. The summed E-state index contributed by atoms with van der Waals surface area (Å²) >= 11 is 0. The first-order valence-electron chi connectivity index (χ1n) is 6.86. The maximum atomic E-state index is 12.3. The lowest BCUT2D eigenvalue weighted by Crippen LogP contribution is -2.46. The van der Waals surface area contributed by atoms with E-state index in [1.807, 2.05) is 29.2 Å². The lowest BCUT2D eigenvalue weighted by Gasteiger charge is -2.28. The van der Waals surface area contributed by atoms with Crippen LogP contribution in [-0.4, -0.2) is 42.8 Å². The van der Waals surface area contributed by atoms with Crippen LogP contribution in [-0.2, 0) is 4.79 Å². The third-order valence-corrected chi connectivity index (χ3v) is 4.02. The molecule has 1 aliphatic heterocycles. The molecule has 1 aromatic rings. The molecule has 1 aromatic carbocycles. The Hall–Kier alpha value is -1.68. The van der Waals surface area contributed by atoms with Crippen LogP contribution in [0, 0.1) is 0 Å². The van der Waals surface area contributed by atoms with Gasteiger partial charge >= 0.3 is 0 Å². The quantitative estimate of drug-likeness (QED) is 0.866. The third-order valence-electron chi connectivity index (χ3n) is 4.02. The number of hydrogen-bond acceptors (Lipinski definition) is 3. The summed E-state index contributed by atoms with van der Waals surface area (Å²) in [6, 6.07) is 7.68. The standard InChI is InChI=1S/C15H18N2O2/c18-14-9-11(12-3-1-2-4-13(12)14)10-15(19)17-7-5-16-6-8-17/h1-4,11,16H,5-10H2. The molecule has 1 fully saturated rings. The number of benzene rings is 1. The fraction of sp³-hybridized carbons (Fsp3) is 0.467. The van der Waals surface area contributed by atoms with Crippen molar-refractivity contribution in [2.75, 3.05) is 26.2 Å². The van der Waals surface area contributed by atoms with Crippen LogP contribution in [0.2, 0.25) is 0 Å². The van der Waals surface area contributed by atoms with E-state index in [-0.39, 0.29) is 17.6 Å². The molecular weight excluding hydrogens is 240 g/mol. The Morgan fingerprint density at radius 1 is 1.26 bits per heavy atom. The SMILES string of the molecule is O=C1CC(CC(=O)N2CCNCC2)c2ccccc21. The van der Waals surface area contributed by atoms with Crippen molar-refractivity contribution in [3.63, 3.8) is 0 Å². The Kier molecular flexibility index (Phi) is 3.34. The van der Waals surface area contributed by atoms with E-state index in [4.69, 9.17) is 0 Å². The van der Waals surface area contributed by atoms with Crippen LogP contribution in [0.25, 0.3) is 0 Å². The van der Waals surface area contributed by atoms with Crippen molar-refractivity contribution in [2.24, 2.45) is 0 Å². The molecule has 0 radical (unpaired) electrons. The number of nitrogens with zero attached hydrogens (tertiary/aromatic N) is 1. The van der Waals surface area contributed by atoms with E-state index in [2.05, 4.69) is 5.32 Å². The second-order valence-electron chi connectivity index (χ2n) is 5.25. The van der Waals surface area contributed by atoms with Crippen LogP contribution in [0.3, 0.4) is 0 Å². The Labute approximate surface area is 112 Å². The van der Waals surface area contributed by atoms with Gasteiger partial charge in [-0.3, -0.25) is 9.59 Å². The highest BCUT2D eigenvalue weighted by molar-refractivity contribution is 6.01. The molecule has 1 unspecified atom stereocenters. The minimum Gasteiger partial charge on any atom is -0.340 e. The minimum absolute atomic E-state index is 0.0751. The highest BCUT2D eigenvalue weighted by Crippen LogP contribution is 2.35. The fourth-order valence-electron chi connectivity index (χ4n) is 2.99. The molecule has 2 aliphatic rings. The second-order valence-corrected chi connectivity index (χ2v) is 5.25. The highest BCUT2D eigenvalue weighted by Gasteiger charge is 2.31. The first kappa shape index (κ1) is 12.4. The Morgan fingerprint density at radius 3 is 2.79 bits per heavy atom. The van der Waals surface area contributed by atoms with Gasteiger partial charge in [0, 0.05) is 50.5 Å². The van der Waals surface area contributed by atoms with Crippen molar-refractivity contribution >= 4 is 11.7 Å². The smallest absolute Gasteiger partial charge is 0.223 e. The van der Waals surface area contributed by atoms with Gasteiger partial charge in [-0.2, -0.15) is 0 Å². The number of nitrogens with one attached hydrogen (secondary N) is 1. The zero-order valence-corrected chi connectivity index (χ0v) is 10.9. The van der Waals surface area contributed by atoms with Gasteiger partial charge in [0.1, 0.15) is 0 Å². The largest absolute Gasteiger partial charge is 0.340 e. The Morgan fingerprint density at radius 2 is 2.00 bits per heavy atom. The summed E-state index contributed by atoms with van der Waals surface area (Å²) in [6.07, 6.45) is 0.944. The van der Waals surface area contributed by atoms with Gasteiger partial charge in [0.25, 0.3) is 0 Å². The molecule has 100 valence electrons. The van der Waals surface area contributed by atoms with Crippen LogP contribution in [0.1, 0.15) is 34.7 Å². The van der Waals surface area contributed by atoms with Crippen molar-refractivity contribution in [3.05, 3.63) is 35.4 Å². The molecule has 1 aliphatic carbocycles. The summed E-state index contributed by atoms with van der Waals surface area (Å²) in [5, 5.41) is 3.24. The molecule has 1 atom stereocenters. The summed E-state index contributed by atoms with van der Waals surface area (Å²) in [4.78, 5) is 26.1. The van der Waals surface area contributed by atoms with E-state index in [0.717, 1.165) is 37.3 Å². The van der Waals surface area contributed by atoms with Crippen molar-refractivity contribution in [2.45, 2.75) is 18.8 Å². The summed E-state index contributed by atoms with van der Waals surface area (Å²) < 4.78 is 0. The summed E-state index contributed by atoms with van der Waals surface area (Å²) in [7, 11) is 0. The molecule has 0 spiro atoms. The number of ketones is 1. The van der Waals surface area contributed by atoms with Crippen molar-refractivity contribution < 1.29 is 9.59 Å². The van der Waals surface area contributed by atoms with Crippen LogP contribution in [0.4, 0.5) is 0 Å². The molecule has 0 bridgehead atoms. The van der Waals surface area contributed by atoms with E-state index in [0.29, 0.717) is 12.8 Å². The normalized spacial score (nSPS) is 22.4. The number of amides is 1. The number of piperazine rings is 1. The van der Waals surface area contributed by atoms with E-state index in [9.17, 15) is 9.59 Å². The van der Waals surface area contributed by atoms with Crippen LogP contribution in [0.5, 0.6) is 0 Å². The maximum absolute atomic E-state index is 12.3. The molecule has 1 saturated heterocycles. The highest BCUT2D eigenvalue weighted by atomic mass is 16.2. The zero-order chi connectivity index (χ0) is 13.2. The maximum Gasteiger partial charge on any atom is 0.223 e. The van der Waals surface area contributed by atoms with E-state index >= 15 is 0 Å². The van der Waals surface area contributed by atoms with Crippen LogP contribution in [0.15, 0.2) is 24.3 Å². The lowest BCUT2D eigenvalue weighted by atomic mass is 9.97. The molecule has 0 saturated carbocycles. The van der Waals surface area contributed by atoms with Gasteiger partial charge in [0.2, 0.25) is 5.91 Å². The van der Waals surface area contributed by atoms with E-state index < -0.39 is 0 Å². The van der Waals surface area contributed by atoms with Gasteiger partial charge in [-0.05, 0) is 5.56 Å².